The number of aliphatic hydroxyl groups is 1. The lowest BCUT2D eigenvalue weighted by atomic mass is 9.46. The number of nitrogens with zero attached hydrogens (tertiary/aromatic N) is 1. The van der Waals surface area contributed by atoms with Crippen molar-refractivity contribution in [2.24, 2.45) is 5.92 Å². The second-order valence-corrected chi connectivity index (χ2v) is 10.1. The third-order valence-corrected chi connectivity index (χ3v) is 8.46. The van der Waals surface area contributed by atoms with Crippen molar-refractivity contribution < 1.29 is 24.6 Å². The molecule has 3 aliphatic carbocycles. The summed E-state index contributed by atoms with van der Waals surface area (Å²) in [5, 5.41) is 25.4. The molecule has 6 rings (SSSR count). The summed E-state index contributed by atoms with van der Waals surface area (Å²) in [4.78, 5) is 40.7. The molecule has 2 saturated carbocycles. The van der Waals surface area contributed by atoms with Crippen LogP contribution in [-0.2, 0) is 15.0 Å². The van der Waals surface area contributed by atoms with Crippen LogP contribution >= 0.6 is 0 Å². The summed E-state index contributed by atoms with van der Waals surface area (Å²) in [6.07, 6.45) is 3.67. The van der Waals surface area contributed by atoms with Gasteiger partial charge in [-0.3, -0.25) is 19.3 Å². The van der Waals surface area contributed by atoms with E-state index < -0.39 is 22.6 Å². The fourth-order valence-electron chi connectivity index (χ4n) is 6.87. The number of piperidine rings is 1. The van der Waals surface area contributed by atoms with Crippen LogP contribution in [0.5, 0.6) is 5.75 Å². The summed E-state index contributed by atoms with van der Waals surface area (Å²) in [6, 6.07) is 4.11. The van der Waals surface area contributed by atoms with Gasteiger partial charge >= 0.3 is 0 Å². The third-order valence-electron chi connectivity index (χ3n) is 8.46. The number of nitrogens with one attached hydrogen (secondary N) is 1. The van der Waals surface area contributed by atoms with Crippen LogP contribution in [0.1, 0.15) is 60.9 Å². The molecule has 30 heavy (non-hydrogen) atoms. The first-order valence-electron chi connectivity index (χ1n) is 11.0. The smallest absolute Gasteiger partial charge is 0.228 e. The number of benzene rings is 1. The number of likely N-dealkylation sites (tertiary alicyclic amines) is 1. The molecule has 2 bridgehead atoms. The van der Waals surface area contributed by atoms with Crippen molar-refractivity contribution in [1.29, 1.82) is 0 Å². The van der Waals surface area contributed by atoms with E-state index in [-0.39, 0.29) is 42.5 Å². The molecule has 1 amide bonds. The standard InChI is InChI=1S/C23H26N2O5/c26-14-3-4-15-16(9-14)21-7-8-25(11-13-1-2-13)20(19(15)29)23(21,30)6-5-22(12-21)17(27)10-18(28)24-22/h3-4,9,13,20,26,30H,1-2,5-8,10-12H2,(H,24,28)/t20-,21-,22+,23-/m1/s1. The first-order chi connectivity index (χ1) is 14.3. The van der Waals surface area contributed by atoms with Crippen molar-refractivity contribution in [3.8, 4) is 5.75 Å². The lowest BCUT2D eigenvalue weighted by Gasteiger charge is -2.65. The van der Waals surface area contributed by atoms with Crippen LogP contribution in [0.4, 0.5) is 0 Å². The number of phenols is 1. The van der Waals surface area contributed by atoms with Gasteiger partial charge in [0.05, 0.1) is 12.0 Å². The lowest BCUT2D eigenvalue weighted by Crippen LogP contribution is -2.77. The first kappa shape index (κ1) is 18.5. The number of carbonyl (C=O) groups is 3. The Balaban J connectivity index is 1.54. The molecular formula is C23H26N2O5. The second kappa shape index (κ2) is 5.71. The average Bonchev–Trinajstić information content (AvgIpc) is 3.46. The topological polar surface area (TPSA) is 107 Å². The monoisotopic (exact) mass is 410 g/mol. The number of Topliss-reactive ketones (excluding diaryl/α,β-unsaturated/α-hetero) is 2. The molecule has 7 nitrogen and oxygen atoms in total. The minimum atomic E-state index is -1.32. The van der Waals surface area contributed by atoms with E-state index in [0.29, 0.717) is 36.4 Å². The van der Waals surface area contributed by atoms with Crippen LogP contribution < -0.4 is 5.32 Å². The zero-order valence-electron chi connectivity index (χ0n) is 16.8. The normalized spacial score (nSPS) is 40.3. The summed E-state index contributed by atoms with van der Waals surface area (Å²) in [7, 11) is 0. The number of hydrogen-bond acceptors (Lipinski definition) is 6. The molecule has 2 heterocycles. The zero-order valence-corrected chi connectivity index (χ0v) is 16.8. The molecule has 1 aromatic rings. The Hall–Kier alpha value is -2.25. The largest absolute Gasteiger partial charge is 0.508 e. The van der Waals surface area contributed by atoms with Crippen LogP contribution in [0.2, 0.25) is 0 Å². The van der Waals surface area contributed by atoms with Crippen molar-refractivity contribution in [3.63, 3.8) is 0 Å². The summed E-state index contributed by atoms with van der Waals surface area (Å²) in [5.74, 6) is 0.132. The second-order valence-electron chi connectivity index (χ2n) is 10.1. The Bertz CT molecular complexity index is 1000. The van der Waals surface area contributed by atoms with Gasteiger partial charge in [0.2, 0.25) is 5.91 Å². The number of amides is 1. The SMILES string of the molecule is O=C1CC(=O)[C@@]2(CC[C@@]3(O)[C@H]4C(=O)c5ccc(O)cc5[C@@]3(CCN4CC3CC3)C2)N1. The molecule has 1 spiro atoms. The molecule has 4 fully saturated rings. The van der Waals surface area contributed by atoms with Crippen LogP contribution in [-0.4, -0.2) is 62.9 Å². The highest BCUT2D eigenvalue weighted by Gasteiger charge is 2.71. The molecule has 0 unspecified atom stereocenters. The van der Waals surface area contributed by atoms with Crippen molar-refractivity contribution in [1.82, 2.24) is 10.2 Å². The van der Waals surface area contributed by atoms with E-state index in [1.807, 2.05) is 0 Å². The number of fused-ring (bicyclic) bond motifs is 1. The van der Waals surface area contributed by atoms with Crippen molar-refractivity contribution in [2.75, 3.05) is 13.1 Å². The van der Waals surface area contributed by atoms with Gasteiger partial charge in [-0.15, -0.1) is 0 Å². The van der Waals surface area contributed by atoms with Gasteiger partial charge in [-0.25, -0.2) is 0 Å². The van der Waals surface area contributed by atoms with E-state index >= 15 is 0 Å². The molecule has 7 heteroatoms. The van der Waals surface area contributed by atoms with E-state index in [9.17, 15) is 24.6 Å². The maximum Gasteiger partial charge on any atom is 0.228 e. The van der Waals surface area contributed by atoms with Gasteiger partial charge < -0.3 is 15.5 Å². The first-order valence-corrected chi connectivity index (χ1v) is 11.0. The zero-order chi connectivity index (χ0) is 20.9. The van der Waals surface area contributed by atoms with Gasteiger partial charge in [-0.05, 0) is 74.8 Å². The Morgan fingerprint density at radius 3 is 2.63 bits per heavy atom. The summed E-state index contributed by atoms with van der Waals surface area (Å²) in [5.41, 5.74) is -2.01. The van der Waals surface area contributed by atoms with E-state index in [2.05, 4.69) is 10.2 Å². The van der Waals surface area contributed by atoms with E-state index in [1.165, 1.54) is 6.07 Å². The van der Waals surface area contributed by atoms with Crippen LogP contribution in [0.25, 0.3) is 0 Å². The minimum Gasteiger partial charge on any atom is -0.508 e. The van der Waals surface area contributed by atoms with Crippen LogP contribution in [0.15, 0.2) is 18.2 Å². The van der Waals surface area contributed by atoms with Gasteiger partial charge in [0, 0.05) is 17.5 Å². The molecule has 2 saturated heterocycles. The third kappa shape index (κ3) is 2.20. The number of phenolic OH excluding ortho intramolecular Hbond substituents is 1. The fraction of sp³-hybridized carbons (Fsp3) is 0.609. The molecule has 158 valence electrons. The predicted molar refractivity (Wildman–Crippen MR) is 106 cm³/mol. The Kier molecular flexibility index (Phi) is 3.52. The van der Waals surface area contributed by atoms with Gasteiger partial charge in [-0.2, -0.15) is 0 Å². The van der Waals surface area contributed by atoms with Crippen LogP contribution in [0.3, 0.4) is 0 Å². The van der Waals surface area contributed by atoms with Gasteiger partial charge in [0.15, 0.2) is 11.6 Å². The van der Waals surface area contributed by atoms with E-state index in [4.69, 9.17) is 0 Å². The molecule has 1 aromatic carbocycles. The number of rotatable bonds is 2. The number of aromatic hydroxyl groups is 1. The van der Waals surface area contributed by atoms with E-state index in [0.717, 1.165) is 19.4 Å². The van der Waals surface area contributed by atoms with Gasteiger partial charge in [0.25, 0.3) is 0 Å². The Labute approximate surface area is 174 Å². The van der Waals surface area contributed by atoms with Crippen molar-refractivity contribution in [3.05, 3.63) is 29.3 Å². The molecular weight excluding hydrogens is 384 g/mol. The molecule has 4 atom stereocenters. The molecule has 3 N–H and O–H groups in total. The minimum absolute atomic E-state index is 0.0403. The predicted octanol–water partition coefficient (Wildman–Crippen LogP) is 1.05. The highest BCUT2D eigenvalue weighted by molar-refractivity contribution is 6.11. The maximum absolute atomic E-state index is 13.6. The van der Waals surface area contributed by atoms with Crippen molar-refractivity contribution in [2.45, 2.75) is 67.5 Å². The van der Waals surface area contributed by atoms with Crippen molar-refractivity contribution >= 4 is 17.5 Å². The quantitative estimate of drug-likeness (QED) is 0.630. The molecule has 0 radical (unpaired) electrons. The van der Waals surface area contributed by atoms with Gasteiger partial charge in [-0.1, -0.05) is 0 Å². The molecule has 0 aromatic heterocycles. The highest BCUT2D eigenvalue weighted by Crippen LogP contribution is 2.61. The Morgan fingerprint density at radius 1 is 1.13 bits per heavy atom. The average molecular weight is 410 g/mol. The van der Waals surface area contributed by atoms with Gasteiger partial charge in [0.1, 0.15) is 17.3 Å². The fourth-order valence-corrected chi connectivity index (χ4v) is 6.87. The summed E-state index contributed by atoms with van der Waals surface area (Å²) in [6.45, 7) is 1.46. The van der Waals surface area contributed by atoms with Crippen LogP contribution in [0, 0.1) is 5.92 Å². The number of carbonyl (C=O) groups excluding carboxylic acids is 3. The Morgan fingerprint density at radius 2 is 1.93 bits per heavy atom. The number of hydrogen-bond donors (Lipinski definition) is 3. The highest BCUT2D eigenvalue weighted by atomic mass is 16.3. The van der Waals surface area contributed by atoms with E-state index in [1.54, 1.807) is 12.1 Å². The summed E-state index contributed by atoms with van der Waals surface area (Å²) < 4.78 is 0. The number of ketones is 2. The summed E-state index contributed by atoms with van der Waals surface area (Å²) >= 11 is 0. The maximum atomic E-state index is 13.6. The lowest BCUT2D eigenvalue weighted by molar-refractivity contribution is -0.167. The molecule has 5 aliphatic rings. The molecule has 2 aliphatic heterocycles.